The van der Waals surface area contributed by atoms with Crippen LogP contribution in [0.1, 0.15) is 62.8 Å². The molecule has 11 heteroatoms. The van der Waals surface area contributed by atoms with Gasteiger partial charge in [-0.15, -0.1) is 5.60 Å². The van der Waals surface area contributed by atoms with E-state index in [9.17, 15) is 18.3 Å². The molecule has 0 atom stereocenters. The van der Waals surface area contributed by atoms with Gasteiger partial charge in [-0.1, -0.05) is 51.5 Å². The van der Waals surface area contributed by atoms with E-state index >= 15 is 0 Å². The van der Waals surface area contributed by atoms with Crippen molar-refractivity contribution in [3.8, 4) is 17.3 Å². The van der Waals surface area contributed by atoms with Crippen molar-refractivity contribution in [2.75, 3.05) is 0 Å². The van der Waals surface area contributed by atoms with Crippen molar-refractivity contribution < 1.29 is 74.4 Å². The van der Waals surface area contributed by atoms with Crippen LogP contribution in [0.5, 0.6) is 5.88 Å². The number of halogens is 4. The molecule has 1 aliphatic carbocycles. The number of hydrogen-bond donors (Lipinski definition) is 0. The second-order valence-electron chi connectivity index (χ2n) is 9.18. The average Bonchev–Trinajstić information content (AvgIpc) is 3.08. The topological polar surface area (TPSA) is 75.9 Å². The molecule has 0 saturated heterocycles. The molecule has 0 N–H and O–H groups in total. The third-order valence-corrected chi connectivity index (χ3v) is 5.23. The maximum Gasteiger partial charge on any atom is 1.00 e. The molecule has 4 rings (SSSR count). The predicted octanol–water partition coefficient (Wildman–Crippen LogP) is 2.55. The molecule has 0 aliphatic heterocycles. The molecule has 6 nitrogen and oxygen atoms in total. The number of imidazole rings is 1. The van der Waals surface area contributed by atoms with Crippen LogP contribution in [-0.2, 0) is 19.8 Å². The van der Waals surface area contributed by atoms with E-state index in [0.29, 0.717) is 17.4 Å². The van der Waals surface area contributed by atoms with E-state index in [-0.39, 0.29) is 69.1 Å². The molecule has 3 aromatic rings. The Morgan fingerprint density at radius 1 is 1.11 bits per heavy atom. The van der Waals surface area contributed by atoms with Crippen LogP contribution in [0.25, 0.3) is 11.4 Å². The SMILES string of the molecule is CC(C)(C)[O-].Cn1cc(C(F)(F)F)nc1-c1ccc(COc2nc(Cl)ncc2C2CCC2)cc1.[K+]. The van der Waals surface area contributed by atoms with Gasteiger partial charge in [0.1, 0.15) is 12.4 Å². The van der Waals surface area contributed by atoms with E-state index in [2.05, 4.69) is 15.0 Å². The van der Waals surface area contributed by atoms with Gasteiger partial charge in [-0.3, -0.25) is 0 Å². The summed E-state index contributed by atoms with van der Waals surface area (Å²) >= 11 is 5.91. The van der Waals surface area contributed by atoms with Crippen LogP contribution in [0.3, 0.4) is 0 Å². The minimum absolute atomic E-state index is 0. The largest absolute Gasteiger partial charge is 1.00 e. The van der Waals surface area contributed by atoms with Crippen molar-refractivity contribution in [3.05, 3.63) is 58.8 Å². The molecule has 0 spiro atoms. The van der Waals surface area contributed by atoms with Crippen LogP contribution in [0.2, 0.25) is 5.28 Å². The third kappa shape index (κ3) is 9.10. The summed E-state index contributed by atoms with van der Waals surface area (Å²) in [7, 11) is 1.54. The van der Waals surface area contributed by atoms with Crippen LogP contribution >= 0.6 is 11.6 Å². The fourth-order valence-corrected chi connectivity index (χ4v) is 3.37. The van der Waals surface area contributed by atoms with Gasteiger partial charge in [0.25, 0.3) is 0 Å². The molecule has 2 aromatic heterocycles. The van der Waals surface area contributed by atoms with Gasteiger partial charge >= 0.3 is 57.6 Å². The Kier molecular flexibility index (Phi) is 10.8. The molecular formula is C24H27ClF3KN4O2. The van der Waals surface area contributed by atoms with Gasteiger partial charge in [0.05, 0.1) is 0 Å². The minimum atomic E-state index is -4.47. The Morgan fingerprint density at radius 2 is 1.71 bits per heavy atom. The predicted molar refractivity (Wildman–Crippen MR) is 121 cm³/mol. The van der Waals surface area contributed by atoms with Crippen LogP contribution < -0.4 is 61.2 Å². The first-order valence-electron chi connectivity index (χ1n) is 10.9. The van der Waals surface area contributed by atoms with Crippen LogP contribution in [-0.4, -0.2) is 25.1 Å². The molecule has 1 saturated carbocycles. The van der Waals surface area contributed by atoms with Gasteiger partial charge in [0.15, 0.2) is 5.69 Å². The molecule has 0 bridgehead atoms. The van der Waals surface area contributed by atoms with E-state index in [1.54, 1.807) is 51.2 Å². The quantitative estimate of drug-likeness (QED) is 0.371. The zero-order valence-electron chi connectivity index (χ0n) is 20.5. The standard InChI is InChI=1S/C20H18ClF3N4O.C4H9O.K/c1-28-10-16(20(22,23)24)26-17(28)14-7-5-12(6-8-14)11-29-18-15(13-3-2-4-13)9-25-19(21)27-18;1-4(2,3)5;/h5-10,13H,2-4,11H2,1H3;1-3H3;/q;-1;+1. The van der Waals surface area contributed by atoms with E-state index in [1.807, 2.05) is 0 Å². The molecule has 35 heavy (non-hydrogen) atoms. The second-order valence-corrected chi connectivity index (χ2v) is 9.52. The van der Waals surface area contributed by atoms with Crippen LogP contribution in [0.4, 0.5) is 13.2 Å². The molecule has 1 aliphatic rings. The van der Waals surface area contributed by atoms with Crippen molar-refractivity contribution in [1.29, 1.82) is 0 Å². The summed E-state index contributed by atoms with van der Waals surface area (Å²) < 4.78 is 45.8. The fraction of sp³-hybridized carbons (Fsp3) is 0.458. The van der Waals surface area contributed by atoms with Crippen LogP contribution in [0.15, 0.2) is 36.7 Å². The zero-order valence-corrected chi connectivity index (χ0v) is 24.4. The van der Waals surface area contributed by atoms with Gasteiger partial charge in [0.2, 0.25) is 11.2 Å². The molecule has 184 valence electrons. The molecule has 1 fully saturated rings. The van der Waals surface area contributed by atoms with E-state index in [1.165, 1.54) is 18.0 Å². The number of aromatic nitrogens is 4. The second kappa shape index (κ2) is 12.5. The number of aryl methyl sites for hydroxylation is 1. The number of ether oxygens (including phenoxy) is 1. The Labute approximate surface area is 250 Å². The average molecular weight is 535 g/mol. The fourth-order valence-electron chi connectivity index (χ4n) is 3.24. The summed E-state index contributed by atoms with van der Waals surface area (Å²) in [5.74, 6) is 1.13. The Morgan fingerprint density at radius 3 is 2.20 bits per heavy atom. The van der Waals surface area contributed by atoms with Gasteiger partial charge in [-0.2, -0.15) is 18.2 Å². The van der Waals surface area contributed by atoms with E-state index in [0.717, 1.165) is 30.2 Å². The molecule has 0 radical (unpaired) electrons. The molecule has 0 amide bonds. The third-order valence-electron chi connectivity index (χ3n) is 5.05. The first-order valence-corrected chi connectivity index (χ1v) is 11.2. The monoisotopic (exact) mass is 534 g/mol. The van der Waals surface area contributed by atoms with Crippen molar-refractivity contribution in [3.63, 3.8) is 0 Å². The van der Waals surface area contributed by atoms with Gasteiger partial charge < -0.3 is 14.4 Å². The summed E-state index contributed by atoms with van der Waals surface area (Å²) in [4.78, 5) is 12.0. The maximum atomic E-state index is 12.9. The first kappa shape index (κ1) is 30.2. The minimum Gasteiger partial charge on any atom is -0.850 e. The number of nitrogens with zero attached hydrogens (tertiary/aromatic N) is 4. The van der Waals surface area contributed by atoms with Gasteiger partial charge in [-0.25, -0.2) is 9.97 Å². The molecule has 0 unspecified atom stereocenters. The van der Waals surface area contributed by atoms with Crippen molar-refractivity contribution in [1.82, 2.24) is 19.5 Å². The Balaban J connectivity index is 0.000000656. The molecule has 1 aromatic carbocycles. The number of benzene rings is 1. The smallest absolute Gasteiger partial charge is 0.850 e. The maximum absolute atomic E-state index is 12.9. The molecule has 2 heterocycles. The van der Waals surface area contributed by atoms with Crippen molar-refractivity contribution in [2.45, 2.75) is 64.3 Å². The Bertz CT molecular complexity index is 1110. The normalized spacial score (nSPS) is 13.9. The summed E-state index contributed by atoms with van der Waals surface area (Å²) in [6.45, 7) is 5.16. The van der Waals surface area contributed by atoms with Gasteiger partial charge in [0, 0.05) is 30.6 Å². The summed E-state index contributed by atoms with van der Waals surface area (Å²) in [6.07, 6.45) is 1.57. The van der Waals surface area contributed by atoms with E-state index in [4.69, 9.17) is 16.3 Å². The summed E-state index contributed by atoms with van der Waals surface area (Å²) in [6, 6.07) is 7.04. The zero-order chi connectivity index (χ0) is 25.1. The van der Waals surface area contributed by atoms with Crippen LogP contribution in [0, 0.1) is 0 Å². The van der Waals surface area contributed by atoms with Crippen molar-refractivity contribution >= 4 is 11.6 Å². The Hall–Kier alpha value is -1.01. The van der Waals surface area contributed by atoms with E-state index < -0.39 is 17.5 Å². The number of hydrogen-bond acceptors (Lipinski definition) is 5. The summed E-state index contributed by atoms with van der Waals surface area (Å²) in [5, 5.41) is 10.2. The summed E-state index contributed by atoms with van der Waals surface area (Å²) in [5.41, 5.74) is 0.747. The number of rotatable bonds is 5. The number of alkyl halides is 3. The van der Waals surface area contributed by atoms with Crippen molar-refractivity contribution in [2.24, 2.45) is 7.05 Å². The first-order chi connectivity index (χ1) is 15.8. The van der Waals surface area contributed by atoms with Gasteiger partial charge in [-0.05, 0) is 35.9 Å². The molecular weight excluding hydrogens is 508 g/mol.